The molecule has 0 amide bonds. The van der Waals surface area contributed by atoms with Gasteiger partial charge in [-0.15, -0.1) is 0 Å². The van der Waals surface area contributed by atoms with Crippen molar-refractivity contribution >= 4 is 0 Å². The summed E-state index contributed by atoms with van der Waals surface area (Å²) in [6.07, 6.45) is -4.52. The van der Waals surface area contributed by atoms with E-state index < -0.39 is 12.8 Å². The van der Waals surface area contributed by atoms with E-state index in [2.05, 4.69) is 73.6 Å². The number of nitrogens with one attached hydrogen (secondary N) is 1. The molecule has 1 aromatic heterocycles. The normalized spacial score (nSPS) is 20.2. The zero-order chi connectivity index (χ0) is 28.1. The maximum Gasteiger partial charge on any atom is 0.422 e. The van der Waals surface area contributed by atoms with Crippen LogP contribution < -0.4 is 19.5 Å². The number of nitrogens with zero attached hydrogens (tertiary/aromatic N) is 4. The Hall–Kier alpha value is -3.41. The summed E-state index contributed by atoms with van der Waals surface area (Å²) in [7, 11) is 2.76. The molecule has 1 N–H and O–H groups in total. The summed E-state index contributed by atoms with van der Waals surface area (Å²) in [5.41, 5.74) is 2.80. The third-order valence-electron chi connectivity index (χ3n) is 7.48. The molecule has 0 bridgehead atoms. The predicted molar refractivity (Wildman–Crippen MR) is 144 cm³/mol. The Kier molecular flexibility index (Phi) is 8.72. The fraction of sp³-hybridized carbons (Fsp3) is 0.448. The fourth-order valence-electron chi connectivity index (χ4n) is 5.82. The van der Waals surface area contributed by atoms with Crippen LogP contribution in [-0.2, 0) is 6.54 Å². The van der Waals surface area contributed by atoms with E-state index >= 15 is 0 Å². The maximum atomic E-state index is 13.1. The lowest BCUT2D eigenvalue weighted by molar-refractivity contribution is -0.154. The predicted octanol–water partition coefficient (Wildman–Crippen LogP) is 3.73. The smallest absolute Gasteiger partial charge is 0.422 e. The average molecular weight is 558 g/mol. The molecule has 0 spiro atoms. The van der Waals surface area contributed by atoms with Gasteiger partial charge in [-0.25, -0.2) is 0 Å². The van der Waals surface area contributed by atoms with Gasteiger partial charge in [-0.05, 0) is 11.1 Å². The van der Waals surface area contributed by atoms with Gasteiger partial charge in [0.05, 0.1) is 19.8 Å². The molecule has 1 unspecified atom stereocenters. The summed E-state index contributed by atoms with van der Waals surface area (Å²) in [4.78, 5) is 13.2. The molecular weight excluding hydrogens is 523 g/mol. The molecule has 8 nitrogen and oxygen atoms in total. The number of rotatable bonds is 9. The molecule has 2 saturated heterocycles. The summed E-state index contributed by atoms with van der Waals surface area (Å²) in [6.45, 7) is 2.81. The topological polar surface area (TPSA) is 72.0 Å². The van der Waals surface area contributed by atoms with E-state index in [-0.39, 0.29) is 42.3 Å². The van der Waals surface area contributed by atoms with E-state index in [0.29, 0.717) is 18.7 Å². The highest BCUT2D eigenvalue weighted by Gasteiger charge is 2.41. The van der Waals surface area contributed by atoms with Crippen molar-refractivity contribution in [2.45, 2.75) is 30.7 Å². The van der Waals surface area contributed by atoms with Crippen molar-refractivity contribution in [1.29, 1.82) is 0 Å². The summed E-state index contributed by atoms with van der Waals surface area (Å²) >= 11 is 0. The van der Waals surface area contributed by atoms with Gasteiger partial charge in [-0.3, -0.25) is 9.80 Å². The second-order valence-electron chi connectivity index (χ2n) is 10.1. The lowest BCUT2D eigenvalue weighted by atomic mass is 9.81. The second-order valence-corrected chi connectivity index (χ2v) is 10.1. The summed E-state index contributed by atoms with van der Waals surface area (Å²) < 4.78 is 55.0. The standard InChI is InChI=1S/C29H34F3N5O3/c1-38-26-23(27(35-28(34-26)39-2)40-19-29(30,31)32)17-36-16-22-15-33-13-14-37(22)24(18-36)25(20-9-5-3-6-10-20)21-11-7-4-8-12-21/h3-12,22,24-25,33H,13-19H2,1-2H3/t22-,24?/m0/s1. The number of piperazine rings is 2. The van der Waals surface area contributed by atoms with Gasteiger partial charge in [-0.2, -0.15) is 23.1 Å². The quantitative estimate of drug-likeness (QED) is 0.427. The lowest BCUT2D eigenvalue weighted by Gasteiger charge is -2.51. The largest absolute Gasteiger partial charge is 0.481 e. The van der Waals surface area contributed by atoms with Crippen LogP contribution in [0.15, 0.2) is 60.7 Å². The Morgan fingerprint density at radius 1 is 0.925 bits per heavy atom. The van der Waals surface area contributed by atoms with Crippen LogP contribution in [0.2, 0.25) is 0 Å². The van der Waals surface area contributed by atoms with Crippen LogP contribution in [0.3, 0.4) is 0 Å². The van der Waals surface area contributed by atoms with Crippen LogP contribution in [0, 0.1) is 0 Å². The number of halogens is 3. The third kappa shape index (κ3) is 6.48. The first-order valence-electron chi connectivity index (χ1n) is 13.3. The average Bonchev–Trinajstić information content (AvgIpc) is 2.97. The number of fused-ring (bicyclic) bond motifs is 1. The van der Waals surface area contributed by atoms with Crippen LogP contribution in [0.1, 0.15) is 22.6 Å². The Labute approximate surface area is 232 Å². The van der Waals surface area contributed by atoms with Gasteiger partial charge in [0.25, 0.3) is 0 Å². The van der Waals surface area contributed by atoms with Gasteiger partial charge in [-0.1, -0.05) is 60.7 Å². The van der Waals surface area contributed by atoms with E-state index in [4.69, 9.17) is 14.2 Å². The van der Waals surface area contributed by atoms with E-state index in [1.165, 1.54) is 25.3 Å². The SMILES string of the molecule is COc1nc(OC)c(CN2CC(C(c3ccccc3)c3ccccc3)N3CCNC[C@H]3C2)c(OCC(F)(F)F)n1. The highest BCUT2D eigenvalue weighted by atomic mass is 19.4. The Bertz CT molecular complexity index is 1210. The van der Waals surface area contributed by atoms with Crippen molar-refractivity contribution in [3.05, 3.63) is 77.4 Å². The van der Waals surface area contributed by atoms with Crippen LogP contribution in [0.25, 0.3) is 0 Å². The molecule has 11 heteroatoms. The molecule has 0 radical (unpaired) electrons. The molecular formula is C29H34F3N5O3. The van der Waals surface area contributed by atoms with Crippen LogP contribution >= 0.6 is 0 Å². The highest BCUT2D eigenvalue weighted by molar-refractivity contribution is 5.38. The minimum atomic E-state index is -4.52. The number of ether oxygens (including phenoxy) is 3. The molecule has 2 aliphatic rings. The number of hydrogen-bond donors (Lipinski definition) is 1. The van der Waals surface area contributed by atoms with E-state index in [0.717, 1.165) is 19.6 Å². The molecule has 3 heterocycles. The van der Waals surface area contributed by atoms with E-state index in [9.17, 15) is 13.2 Å². The zero-order valence-corrected chi connectivity index (χ0v) is 22.6. The van der Waals surface area contributed by atoms with Crippen LogP contribution in [0.5, 0.6) is 17.8 Å². The van der Waals surface area contributed by atoms with Crippen molar-refractivity contribution in [3.8, 4) is 17.8 Å². The van der Waals surface area contributed by atoms with Crippen LogP contribution in [-0.4, -0.2) is 91.6 Å². The third-order valence-corrected chi connectivity index (χ3v) is 7.48. The summed E-state index contributed by atoms with van der Waals surface area (Å²) in [6, 6.07) is 21.2. The molecule has 3 aromatic rings. The van der Waals surface area contributed by atoms with Gasteiger partial charge < -0.3 is 19.5 Å². The minimum Gasteiger partial charge on any atom is -0.481 e. The van der Waals surface area contributed by atoms with Crippen molar-refractivity contribution < 1.29 is 27.4 Å². The molecule has 2 fully saturated rings. The first-order valence-corrected chi connectivity index (χ1v) is 13.3. The van der Waals surface area contributed by atoms with Crippen molar-refractivity contribution in [2.75, 3.05) is 53.6 Å². The Balaban J connectivity index is 1.51. The van der Waals surface area contributed by atoms with Gasteiger partial charge in [0, 0.05) is 57.3 Å². The number of hydrogen-bond acceptors (Lipinski definition) is 8. The van der Waals surface area contributed by atoms with Crippen molar-refractivity contribution in [3.63, 3.8) is 0 Å². The van der Waals surface area contributed by atoms with Crippen molar-refractivity contribution in [2.24, 2.45) is 0 Å². The van der Waals surface area contributed by atoms with E-state index in [1.54, 1.807) is 0 Å². The van der Waals surface area contributed by atoms with Gasteiger partial charge in [0.2, 0.25) is 11.8 Å². The molecule has 2 atom stereocenters. The number of aromatic nitrogens is 2. The summed E-state index contributed by atoms with van der Waals surface area (Å²) in [5.74, 6) is 0.0395. The molecule has 40 heavy (non-hydrogen) atoms. The van der Waals surface area contributed by atoms with Gasteiger partial charge in [0.1, 0.15) is 0 Å². The number of benzene rings is 2. The molecule has 2 aliphatic heterocycles. The monoisotopic (exact) mass is 557 g/mol. The molecule has 0 aliphatic carbocycles. The molecule has 5 rings (SSSR count). The fourth-order valence-corrected chi connectivity index (χ4v) is 5.82. The molecule has 0 saturated carbocycles. The number of methoxy groups -OCH3 is 2. The number of alkyl halides is 3. The maximum absolute atomic E-state index is 13.1. The zero-order valence-electron chi connectivity index (χ0n) is 22.6. The minimum absolute atomic E-state index is 0.0979. The summed E-state index contributed by atoms with van der Waals surface area (Å²) in [5, 5.41) is 3.51. The second kappa shape index (κ2) is 12.4. The van der Waals surface area contributed by atoms with Crippen molar-refractivity contribution in [1.82, 2.24) is 25.1 Å². The van der Waals surface area contributed by atoms with Crippen LogP contribution in [0.4, 0.5) is 13.2 Å². The Morgan fingerprint density at radius 3 is 2.17 bits per heavy atom. The highest BCUT2D eigenvalue weighted by Crippen LogP contribution is 2.37. The lowest BCUT2D eigenvalue weighted by Crippen LogP contribution is -2.66. The Morgan fingerprint density at radius 2 is 1.57 bits per heavy atom. The van der Waals surface area contributed by atoms with E-state index in [1.807, 2.05) is 12.1 Å². The van der Waals surface area contributed by atoms with Gasteiger partial charge in [0.15, 0.2) is 6.61 Å². The molecule has 2 aromatic carbocycles. The first-order chi connectivity index (χ1) is 19.4. The molecule has 214 valence electrons. The first kappa shape index (κ1) is 28.1. The van der Waals surface area contributed by atoms with Gasteiger partial charge >= 0.3 is 12.2 Å².